The van der Waals surface area contributed by atoms with Gasteiger partial charge in [0.1, 0.15) is 0 Å². The first-order valence-electron chi connectivity index (χ1n) is 8.45. The normalized spacial score (nSPS) is 17.5. The number of nitriles is 1. The molecule has 0 aromatic carbocycles. The minimum absolute atomic E-state index is 0.0856. The Kier molecular flexibility index (Phi) is 8.62. The van der Waals surface area contributed by atoms with Crippen molar-refractivity contribution in [2.24, 2.45) is 0 Å². The first-order chi connectivity index (χ1) is 11.4. The molecule has 0 unspecified atom stereocenters. The van der Waals surface area contributed by atoms with Gasteiger partial charge in [0.15, 0.2) is 0 Å². The van der Waals surface area contributed by atoms with E-state index in [0.29, 0.717) is 52.2 Å². The summed E-state index contributed by atoms with van der Waals surface area (Å²) in [5.41, 5.74) is 0. The molecular weight excluding hydrogens is 330 g/mol. The second-order valence-electron chi connectivity index (χ2n) is 5.83. The topological polar surface area (TPSA) is 88.0 Å². The van der Waals surface area contributed by atoms with Crippen molar-refractivity contribution in [3.05, 3.63) is 0 Å². The molecule has 1 amide bonds. The average molecular weight is 359 g/mol. The molecule has 0 saturated carbocycles. The van der Waals surface area contributed by atoms with Crippen LogP contribution in [0.15, 0.2) is 0 Å². The molecule has 1 aliphatic rings. The van der Waals surface area contributed by atoms with Gasteiger partial charge in [-0.05, 0) is 26.8 Å². The molecule has 0 radical (unpaired) electrons. The molecule has 0 bridgehead atoms. The van der Waals surface area contributed by atoms with Crippen molar-refractivity contribution in [1.29, 1.82) is 5.26 Å². The van der Waals surface area contributed by atoms with Crippen LogP contribution >= 0.6 is 0 Å². The van der Waals surface area contributed by atoms with E-state index in [1.54, 1.807) is 4.90 Å². The summed E-state index contributed by atoms with van der Waals surface area (Å²) >= 11 is 0. The van der Waals surface area contributed by atoms with E-state index in [-0.39, 0.29) is 18.9 Å². The van der Waals surface area contributed by atoms with E-state index >= 15 is 0 Å². The molecule has 9 heteroatoms. The van der Waals surface area contributed by atoms with Crippen molar-refractivity contribution in [2.45, 2.75) is 26.7 Å². The number of amides is 1. The fourth-order valence-corrected chi connectivity index (χ4v) is 4.11. The fraction of sp³-hybridized carbons (Fsp3) is 0.867. The third kappa shape index (κ3) is 5.70. The average Bonchev–Trinajstić information content (AvgIpc) is 2.79. The Hall–Kier alpha value is -1.21. The number of hydrogen-bond acceptors (Lipinski definition) is 5. The van der Waals surface area contributed by atoms with Crippen LogP contribution < -0.4 is 0 Å². The number of carbonyl (C=O) groups excluding carboxylic acids is 1. The van der Waals surface area contributed by atoms with Crippen LogP contribution in [0.4, 0.5) is 0 Å². The summed E-state index contributed by atoms with van der Waals surface area (Å²) in [7, 11) is -2.04. The zero-order chi connectivity index (χ0) is 18.2. The first-order valence-corrected chi connectivity index (χ1v) is 9.85. The van der Waals surface area contributed by atoms with Crippen molar-refractivity contribution in [1.82, 2.24) is 18.4 Å². The lowest BCUT2D eigenvalue weighted by Gasteiger charge is -2.26. The zero-order valence-corrected chi connectivity index (χ0v) is 15.8. The third-order valence-electron chi connectivity index (χ3n) is 4.28. The van der Waals surface area contributed by atoms with Crippen LogP contribution in [0.5, 0.6) is 0 Å². The predicted octanol–water partition coefficient (Wildman–Crippen LogP) is -0.0472. The van der Waals surface area contributed by atoms with Crippen LogP contribution in [0, 0.1) is 11.3 Å². The maximum absolute atomic E-state index is 12.5. The summed E-state index contributed by atoms with van der Waals surface area (Å²) in [5.74, 6) is 0.0856. The quantitative estimate of drug-likeness (QED) is 0.606. The van der Waals surface area contributed by atoms with E-state index in [2.05, 4.69) is 0 Å². The molecule has 138 valence electrons. The predicted molar refractivity (Wildman–Crippen MR) is 92.3 cm³/mol. The molecule has 1 heterocycles. The summed E-state index contributed by atoms with van der Waals surface area (Å²) in [4.78, 5) is 16.0. The molecule has 1 aliphatic heterocycles. The molecule has 1 saturated heterocycles. The Morgan fingerprint density at radius 1 is 1.17 bits per heavy atom. The Morgan fingerprint density at radius 2 is 1.83 bits per heavy atom. The maximum atomic E-state index is 12.5. The van der Waals surface area contributed by atoms with Crippen LogP contribution in [-0.2, 0) is 15.0 Å². The van der Waals surface area contributed by atoms with E-state index < -0.39 is 10.2 Å². The van der Waals surface area contributed by atoms with E-state index in [9.17, 15) is 13.2 Å². The van der Waals surface area contributed by atoms with E-state index in [1.165, 1.54) is 15.7 Å². The second-order valence-corrected chi connectivity index (χ2v) is 7.87. The summed E-state index contributed by atoms with van der Waals surface area (Å²) in [6.07, 6.45) is 0.866. The Balaban J connectivity index is 2.62. The zero-order valence-electron chi connectivity index (χ0n) is 14.9. The molecule has 0 aromatic heterocycles. The molecule has 0 atom stereocenters. The third-order valence-corrected chi connectivity index (χ3v) is 6.27. The van der Waals surface area contributed by atoms with Gasteiger partial charge in [0.05, 0.1) is 12.6 Å². The molecule has 1 rings (SSSR count). The Labute approximate surface area is 145 Å². The van der Waals surface area contributed by atoms with Crippen molar-refractivity contribution in [3.8, 4) is 6.07 Å². The first kappa shape index (κ1) is 20.8. The van der Waals surface area contributed by atoms with Gasteiger partial charge in [-0.15, -0.1) is 0 Å². The minimum Gasteiger partial charge on any atom is -0.342 e. The Morgan fingerprint density at radius 3 is 2.42 bits per heavy atom. The highest BCUT2D eigenvalue weighted by molar-refractivity contribution is 7.86. The van der Waals surface area contributed by atoms with Crippen molar-refractivity contribution in [2.75, 3.05) is 59.4 Å². The van der Waals surface area contributed by atoms with Crippen molar-refractivity contribution in [3.63, 3.8) is 0 Å². The van der Waals surface area contributed by atoms with Gasteiger partial charge in [-0.1, -0.05) is 0 Å². The van der Waals surface area contributed by atoms with Gasteiger partial charge in [-0.25, -0.2) is 0 Å². The molecule has 0 N–H and O–H groups in total. The smallest absolute Gasteiger partial charge is 0.281 e. The van der Waals surface area contributed by atoms with Crippen LogP contribution in [0.2, 0.25) is 0 Å². The summed E-state index contributed by atoms with van der Waals surface area (Å²) in [5, 5.41) is 8.61. The standard InChI is InChI=1S/C15H29N5O3S/c1-4-19(5-2)15(21)14-18-10-7-11-20(13-12-18)24(22,23)17(3)9-6-8-16/h4-7,9-14H2,1-3H3. The molecule has 0 aromatic rings. The molecule has 24 heavy (non-hydrogen) atoms. The number of hydrogen-bond donors (Lipinski definition) is 0. The highest BCUT2D eigenvalue weighted by Crippen LogP contribution is 2.12. The summed E-state index contributed by atoms with van der Waals surface area (Å²) < 4.78 is 27.7. The summed E-state index contributed by atoms with van der Waals surface area (Å²) in [6.45, 7) is 7.86. The highest BCUT2D eigenvalue weighted by atomic mass is 32.2. The van der Waals surface area contributed by atoms with Crippen molar-refractivity contribution < 1.29 is 13.2 Å². The van der Waals surface area contributed by atoms with Crippen LogP contribution in [0.25, 0.3) is 0 Å². The molecule has 0 aliphatic carbocycles. The van der Waals surface area contributed by atoms with Gasteiger partial charge in [0, 0.05) is 52.7 Å². The number of rotatable bonds is 8. The van der Waals surface area contributed by atoms with Gasteiger partial charge in [0.2, 0.25) is 5.91 Å². The lowest BCUT2D eigenvalue weighted by molar-refractivity contribution is -0.132. The van der Waals surface area contributed by atoms with Crippen LogP contribution in [0.3, 0.4) is 0 Å². The SMILES string of the molecule is CCN(CC)C(=O)CN1CCCN(S(=O)(=O)N(C)CCC#N)CC1. The van der Waals surface area contributed by atoms with Crippen molar-refractivity contribution >= 4 is 16.1 Å². The lowest BCUT2D eigenvalue weighted by Crippen LogP contribution is -2.45. The Bertz CT molecular complexity index is 542. The second kappa shape index (κ2) is 9.93. The van der Waals surface area contributed by atoms with Crippen LogP contribution in [-0.4, -0.2) is 92.1 Å². The van der Waals surface area contributed by atoms with Gasteiger partial charge >= 0.3 is 0 Å². The molecular formula is C15H29N5O3S. The largest absolute Gasteiger partial charge is 0.342 e. The maximum Gasteiger partial charge on any atom is 0.281 e. The van der Waals surface area contributed by atoms with Gasteiger partial charge < -0.3 is 4.90 Å². The number of likely N-dealkylation sites (N-methyl/N-ethyl adjacent to an activating group) is 1. The number of carbonyl (C=O) groups is 1. The molecule has 8 nitrogen and oxygen atoms in total. The van der Waals surface area contributed by atoms with E-state index in [1.807, 2.05) is 24.8 Å². The highest BCUT2D eigenvalue weighted by Gasteiger charge is 2.29. The lowest BCUT2D eigenvalue weighted by atomic mass is 10.3. The monoisotopic (exact) mass is 359 g/mol. The minimum atomic E-state index is -3.54. The van der Waals surface area contributed by atoms with Gasteiger partial charge in [0.25, 0.3) is 10.2 Å². The van der Waals surface area contributed by atoms with Gasteiger partial charge in [-0.2, -0.15) is 22.3 Å². The van der Waals surface area contributed by atoms with Gasteiger partial charge in [-0.3, -0.25) is 9.69 Å². The van der Waals surface area contributed by atoms with Crippen LogP contribution in [0.1, 0.15) is 26.7 Å². The van der Waals surface area contributed by atoms with E-state index in [0.717, 1.165) is 0 Å². The molecule has 1 fully saturated rings. The van der Waals surface area contributed by atoms with E-state index in [4.69, 9.17) is 5.26 Å². The number of nitrogens with zero attached hydrogens (tertiary/aromatic N) is 5. The summed E-state index contributed by atoms with van der Waals surface area (Å²) in [6, 6.07) is 1.96. The fourth-order valence-electron chi connectivity index (χ4n) is 2.72. The molecule has 0 spiro atoms.